The Bertz CT molecular complexity index is 861. The van der Waals surface area contributed by atoms with Crippen LogP contribution in [0.4, 0.5) is 29.7 Å². The number of aromatic nitrogens is 1. The highest BCUT2D eigenvalue weighted by atomic mass is 32.1. The van der Waals surface area contributed by atoms with Crippen LogP contribution in [0.15, 0.2) is 60.8 Å². The molecule has 25 heavy (non-hydrogen) atoms. The van der Waals surface area contributed by atoms with Crippen molar-refractivity contribution in [2.45, 2.75) is 6.18 Å². The fraction of sp³-hybridized carbons (Fsp3) is 0.0588. The van der Waals surface area contributed by atoms with E-state index in [0.717, 1.165) is 23.5 Å². The highest BCUT2D eigenvalue weighted by Crippen LogP contribution is 2.31. The first kappa shape index (κ1) is 17.0. The summed E-state index contributed by atoms with van der Waals surface area (Å²) in [5.41, 5.74) is 0.399. The number of alkyl halides is 3. The molecule has 3 rings (SSSR count). The summed E-state index contributed by atoms with van der Waals surface area (Å²) in [5.74, 6) is -0.302. The summed E-state index contributed by atoms with van der Waals surface area (Å²) in [6.45, 7) is 0. The van der Waals surface area contributed by atoms with E-state index in [2.05, 4.69) is 15.6 Å². The number of hydrogen-bond acceptors (Lipinski definition) is 4. The minimum absolute atomic E-state index is 0.302. The summed E-state index contributed by atoms with van der Waals surface area (Å²) in [7, 11) is 0. The summed E-state index contributed by atoms with van der Waals surface area (Å²) < 4.78 is 37.6. The number of carbonyl (C=O) groups is 1. The van der Waals surface area contributed by atoms with Gasteiger partial charge in [-0.2, -0.15) is 13.2 Å². The number of rotatable bonds is 4. The fourth-order valence-corrected chi connectivity index (χ4v) is 2.75. The van der Waals surface area contributed by atoms with Gasteiger partial charge < -0.3 is 10.6 Å². The lowest BCUT2D eigenvalue weighted by Crippen LogP contribution is -2.09. The smallest absolute Gasteiger partial charge is 0.332 e. The standard InChI is InChI=1S/C17H12F3N3OS/c18-17(19,20)11-6-8-13(9-7-11)23-16-21-10-14(25-16)15(24)22-12-4-2-1-3-5-12/h1-10H,(H,21,23)(H,22,24). The third-order valence-corrected chi connectivity index (χ3v) is 4.14. The van der Waals surface area contributed by atoms with E-state index in [1.54, 1.807) is 24.3 Å². The number of amides is 1. The zero-order valence-electron chi connectivity index (χ0n) is 12.7. The quantitative estimate of drug-likeness (QED) is 0.673. The van der Waals surface area contributed by atoms with E-state index >= 15 is 0 Å². The molecule has 0 bridgehead atoms. The molecule has 3 aromatic rings. The van der Waals surface area contributed by atoms with E-state index in [0.29, 0.717) is 21.4 Å². The first-order chi connectivity index (χ1) is 11.9. The summed E-state index contributed by atoms with van der Waals surface area (Å²) >= 11 is 1.11. The Morgan fingerprint density at radius 1 is 0.960 bits per heavy atom. The second-order valence-corrected chi connectivity index (χ2v) is 6.08. The molecular weight excluding hydrogens is 351 g/mol. The van der Waals surface area contributed by atoms with Crippen LogP contribution >= 0.6 is 11.3 Å². The summed E-state index contributed by atoms with van der Waals surface area (Å²) in [6.07, 6.45) is -2.96. The Morgan fingerprint density at radius 2 is 1.64 bits per heavy atom. The molecule has 1 amide bonds. The van der Waals surface area contributed by atoms with Crippen molar-refractivity contribution in [2.75, 3.05) is 10.6 Å². The SMILES string of the molecule is O=C(Nc1ccccc1)c1cnc(Nc2ccc(C(F)(F)F)cc2)s1. The average molecular weight is 363 g/mol. The Hall–Kier alpha value is -2.87. The molecular formula is C17H12F3N3OS. The number of hydrogen-bond donors (Lipinski definition) is 2. The third kappa shape index (κ3) is 4.36. The Balaban J connectivity index is 1.66. The second kappa shape index (κ2) is 6.94. The van der Waals surface area contributed by atoms with Crippen LogP contribution in [0.25, 0.3) is 0 Å². The maximum Gasteiger partial charge on any atom is 0.416 e. The van der Waals surface area contributed by atoms with Gasteiger partial charge in [0.2, 0.25) is 0 Å². The average Bonchev–Trinajstić information content (AvgIpc) is 3.04. The van der Waals surface area contributed by atoms with Gasteiger partial charge in [-0.15, -0.1) is 0 Å². The molecule has 0 atom stereocenters. The molecule has 1 aromatic heterocycles. The van der Waals surface area contributed by atoms with E-state index in [9.17, 15) is 18.0 Å². The molecule has 0 saturated heterocycles. The Kier molecular flexibility index (Phi) is 4.71. The van der Waals surface area contributed by atoms with Gasteiger partial charge in [0.15, 0.2) is 5.13 Å². The van der Waals surface area contributed by atoms with E-state index in [-0.39, 0.29) is 5.91 Å². The number of carbonyl (C=O) groups excluding carboxylic acids is 1. The summed E-state index contributed by atoms with van der Waals surface area (Å²) in [4.78, 5) is 16.6. The summed E-state index contributed by atoms with van der Waals surface area (Å²) in [6, 6.07) is 13.6. The molecule has 0 fully saturated rings. The second-order valence-electron chi connectivity index (χ2n) is 5.05. The molecule has 0 aliphatic rings. The minimum Gasteiger partial charge on any atom is -0.332 e. The number of nitrogens with zero attached hydrogens (tertiary/aromatic N) is 1. The maximum absolute atomic E-state index is 12.5. The molecule has 4 nitrogen and oxygen atoms in total. The fourth-order valence-electron chi connectivity index (χ4n) is 2.02. The van der Waals surface area contributed by atoms with Gasteiger partial charge in [-0.05, 0) is 36.4 Å². The maximum atomic E-state index is 12.5. The predicted molar refractivity (Wildman–Crippen MR) is 91.2 cm³/mol. The van der Waals surface area contributed by atoms with E-state index in [1.165, 1.54) is 18.3 Å². The Labute approximate surface area is 145 Å². The van der Waals surface area contributed by atoms with Gasteiger partial charge in [0.1, 0.15) is 4.88 Å². The van der Waals surface area contributed by atoms with E-state index in [1.807, 2.05) is 6.07 Å². The van der Waals surface area contributed by atoms with Crippen molar-refractivity contribution >= 4 is 33.8 Å². The Morgan fingerprint density at radius 3 is 2.28 bits per heavy atom. The van der Waals surface area contributed by atoms with Crippen molar-refractivity contribution in [1.29, 1.82) is 0 Å². The largest absolute Gasteiger partial charge is 0.416 e. The van der Waals surface area contributed by atoms with Crippen LogP contribution in [0.1, 0.15) is 15.2 Å². The van der Waals surface area contributed by atoms with E-state index in [4.69, 9.17) is 0 Å². The summed E-state index contributed by atoms with van der Waals surface area (Å²) in [5, 5.41) is 6.03. The number of halogens is 3. The molecule has 0 aliphatic heterocycles. The molecule has 0 saturated carbocycles. The zero-order chi connectivity index (χ0) is 17.9. The lowest BCUT2D eigenvalue weighted by molar-refractivity contribution is -0.137. The number of benzene rings is 2. The van der Waals surface area contributed by atoms with Crippen molar-refractivity contribution in [3.63, 3.8) is 0 Å². The first-order valence-electron chi connectivity index (χ1n) is 7.18. The van der Waals surface area contributed by atoms with Crippen LogP contribution in [-0.4, -0.2) is 10.9 Å². The van der Waals surface area contributed by atoms with Gasteiger partial charge in [-0.3, -0.25) is 4.79 Å². The van der Waals surface area contributed by atoms with Gasteiger partial charge in [0, 0.05) is 11.4 Å². The number of anilines is 3. The molecule has 2 N–H and O–H groups in total. The van der Waals surface area contributed by atoms with Crippen molar-refractivity contribution in [3.05, 3.63) is 71.2 Å². The topological polar surface area (TPSA) is 54.0 Å². The number of para-hydroxylation sites is 1. The highest BCUT2D eigenvalue weighted by Gasteiger charge is 2.29. The van der Waals surface area contributed by atoms with Crippen LogP contribution in [0.2, 0.25) is 0 Å². The molecule has 0 unspecified atom stereocenters. The van der Waals surface area contributed by atoms with Crippen molar-refractivity contribution in [3.8, 4) is 0 Å². The van der Waals surface area contributed by atoms with Crippen molar-refractivity contribution < 1.29 is 18.0 Å². The minimum atomic E-state index is -4.37. The van der Waals surface area contributed by atoms with Crippen LogP contribution in [0, 0.1) is 0 Å². The van der Waals surface area contributed by atoms with Crippen LogP contribution in [0.5, 0.6) is 0 Å². The number of thiazole rings is 1. The predicted octanol–water partition coefficient (Wildman–Crippen LogP) is 5.16. The van der Waals surface area contributed by atoms with Gasteiger partial charge in [0.05, 0.1) is 11.8 Å². The lowest BCUT2D eigenvalue weighted by Gasteiger charge is -2.07. The molecule has 8 heteroatoms. The van der Waals surface area contributed by atoms with Crippen LogP contribution in [0.3, 0.4) is 0 Å². The third-order valence-electron chi connectivity index (χ3n) is 3.22. The zero-order valence-corrected chi connectivity index (χ0v) is 13.5. The molecule has 0 aliphatic carbocycles. The van der Waals surface area contributed by atoms with E-state index < -0.39 is 11.7 Å². The number of nitrogens with one attached hydrogen (secondary N) is 2. The van der Waals surface area contributed by atoms with Gasteiger partial charge in [0.25, 0.3) is 5.91 Å². The van der Waals surface area contributed by atoms with Crippen LogP contribution < -0.4 is 10.6 Å². The van der Waals surface area contributed by atoms with Crippen LogP contribution in [-0.2, 0) is 6.18 Å². The van der Waals surface area contributed by atoms with Crippen molar-refractivity contribution in [2.24, 2.45) is 0 Å². The highest BCUT2D eigenvalue weighted by molar-refractivity contribution is 7.17. The van der Waals surface area contributed by atoms with Gasteiger partial charge in [-0.1, -0.05) is 29.5 Å². The first-order valence-corrected chi connectivity index (χ1v) is 8.00. The van der Waals surface area contributed by atoms with Crippen molar-refractivity contribution in [1.82, 2.24) is 4.98 Å². The molecule has 128 valence electrons. The lowest BCUT2D eigenvalue weighted by atomic mass is 10.2. The molecule has 0 radical (unpaired) electrons. The normalized spacial score (nSPS) is 11.2. The molecule has 2 aromatic carbocycles. The van der Waals surface area contributed by atoms with Gasteiger partial charge >= 0.3 is 6.18 Å². The van der Waals surface area contributed by atoms with Gasteiger partial charge in [-0.25, -0.2) is 4.98 Å². The monoisotopic (exact) mass is 363 g/mol. The molecule has 0 spiro atoms. The molecule has 1 heterocycles.